The molecule has 0 heterocycles. The van der Waals surface area contributed by atoms with Crippen LogP contribution in [0, 0.1) is 0 Å². The van der Waals surface area contributed by atoms with Crippen LogP contribution in [0.4, 0.5) is 0 Å². The van der Waals surface area contributed by atoms with Crippen molar-refractivity contribution in [1.82, 2.24) is 0 Å². The summed E-state index contributed by atoms with van der Waals surface area (Å²) in [4.78, 5) is 0. The molecule has 0 nitrogen and oxygen atoms in total. The van der Waals surface area contributed by atoms with E-state index in [1.807, 2.05) is 0 Å². The molecular formula is C27H58P+. The quantitative estimate of drug-likeness (QED) is 0.115. The average molecular weight is 414 g/mol. The van der Waals surface area contributed by atoms with Crippen molar-refractivity contribution in [2.24, 2.45) is 0 Å². The predicted molar refractivity (Wildman–Crippen MR) is 137 cm³/mol. The van der Waals surface area contributed by atoms with E-state index >= 15 is 0 Å². The zero-order valence-corrected chi connectivity index (χ0v) is 21.6. The van der Waals surface area contributed by atoms with Crippen LogP contribution in [0.5, 0.6) is 0 Å². The van der Waals surface area contributed by atoms with Crippen molar-refractivity contribution >= 4 is 7.26 Å². The van der Waals surface area contributed by atoms with Gasteiger partial charge in [0.2, 0.25) is 0 Å². The highest BCUT2D eigenvalue weighted by Gasteiger charge is 2.15. The van der Waals surface area contributed by atoms with Gasteiger partial charge in [-0.05, 0) is 12.8 Å². The van der Waals surface area contributed by atoms with Gasteiger partial charge in [-0.2, -0.15) is 0 Å². The first-order valence-electron chi connectivity index (χ1n) is 13.4. The Kier molecular flexibility index (Phi) is 22.5. The zero-order valence-electron chi connectivity index (χ0n) is 20.7. The Bertz CT molecular complexity index is 278. The summed E-state index contributed by atoms with van der Waals surface area (Å²) in [5.41, 5.74) is 0. The fourth-order valence-corrected chi connectivity index (χ4v) is 5.37. The van der Waals surface area contributed by atoms with Crippen LogP contribution < -0.4 is 0 Å². The van der Waals surface area contributed by atoms with Gasteiger partial charge in [0.1, 0.15) is 0 Å². The second-order valence-electron chi connectivity index (χ2n) is 10.4. The van der Waals surface area contributed by atoms with Crippen molar-refractivity contribution in [2.45, 2.75) is 148 Å². The maximum Gasteiger partial charge on any atom is 0.0586 e. The summed E-state index contributed by atoms with van der Waals surface area (Å²) >= 11 is 0. The van der Waals surface area contributed by atoms with Crippen LogP contribution in [-0.4, -0.2) is 26.2 Å². The predicted octanol–water partition coefficient (Wildman–Crippen LogP) is 10.5. The van der Waals surface area contributed by atoms with Crippen molar-refractivity contribution in [3.05, 3.63) is 0 Å². The normalized spacial score (nSPS) is 12.0. The Morgan fingerprint density at radius 3 is 0.750 bits per heavy atom. The van der Waals surface area contributed by atoms with Gasteiger partial charge in [-0.1, -0.05) is 135 Å². The molecule has 0 aromatic heterocycles. The lowest BCUT2D eigenvalue weighted by molar-refractivity contribution is 0.520. The molecule has 170 valence electrons. The Labute approximate surface area is 181 Å². The van der Waals surface area contributed by atoms with Crippen LogP contribution in [0.25, 0.3) is 0 Å². The van der Waals surface area contributed by atoms with Gasteiger partial charge in [0.25, 0.3) is 0 Å². The molecule has 0 fully saturated rings. The minimum atomic E-state index is -0.512. The van der Waals surface area contributed by atoms with Crippen LogP contribution >= 0.6 is 7.26 Å². The third-order valence-corrected chi connectivity index (χ3v) is 7.84. The molecule has 0 aromatic rings. The van der Waals surface area contributed by atoms with Gasteiger partial charge in [0, 0.05) is 27.3 Å². The van der Waals surface area contributed by atoms with Crippen molar-refractivity contribution in [3.8, 4) is 0 Å². The standard InChI is InChI=1S/C27H58P/c1-5-6-7-8-9-10-11-12-13-14-15-16-17-18-19-20-21-22-23-24-25-26-27-28(2,3)4/h5-27H2,1-4H3/q+1. The molecule has 0 amide bonds. The molecule has 0 spiro atoms. The van der Waals surface area contributed by atoms with Crippen LogP contribution in [0.1, 0.15) is 148 Å². The summed E-state index contributed by atoms with van der Waals surface area (Å²) in [6, 6.07) is 0. The van der Waals surface area contributed by atoms with Gasteiger partial charge in [0.05, 0.1) is 6.16 Å². The molecule has 28 heavy (non-hydrogen) atoms. The van der Waals surface area contributed by atoms with Gasteiger partial charge < -0.3 is 0 Å². The maximum atomic E-state index is 2.48. The van der Waals surface area contributed by atoms with E-state index in [-0.39, 0.29) is 0 Å². The lowest BCUT2D eigenvalue weighted by Crippen LogP contribution is -1.93. The van der Waals surface area contributed by atoms with E-state index in [0.29, 0.717) is 0 Å². The second kappa shape index (κ2) is 22.1. The van der Waals surface area contributed by atoms with E-state index in [9.17, 15) is 0 Å². The summed E-state index contributed by atoms with van der Waals surface area (Å²) in [5, 5.41) is 0. The van der Waals surface area contributed by atoms with E-state index in [0.717, 1.165) is 0 Å². The molecule has 0 unspecified atom stereocenters. The first-order valence-corrected chi connectivity index (χ1v) is 16.7. The van der Waals surface area contributed by atoms with E-state index < -0.39 is 7.26 Å². The number of hydrogen-bond donors (Lipinski definition) is 0. The van der Waals surface area contributed by atoms with E-state index in [4.69, 9.17) is 0 Å². The van der Waals surface area contributed by atoms with Gasteiger partial charge in [-0.3, -0.25) is 0 Å². The smallest absolute Gasteiger partial charge is 0.0586 e. The van der Waals surface area contributed by atoms with Crippen LogP contribution in [-0.2, 0) is 0 Å². The first-order chi connectivity index (χ1) is 13.6. The topological polar surface area (TPSA) is 0 Å². The second-order valence-corrected chi connectivity index (χ2v) is 15.5. The summed E-state index contributed by atoms with van der Waals surface area (Å²) in [6.07, 6.45) is 34.1. The summed E-state index contributed by atoms with van der Waals surface area (Å²) < 4.78 is 0. The lowest BCUT2D eigenvalue weighted by Gasteiger charge is -2.10. The molecule has 0 atom stereocenters. The molecule has 0 aliphatic heterocycles. The molecule has 0 saturated heterocycles. The third kappa shape index (κ3) is 26.4. The molecule has 0 aliphatic carbocycles. The van der Waals surface area contributed by atoms with Crippen molar-refractivity contribution in [2.75, 3.05) is 26.2 Å². The molecule has 0 rings (SSSR count). The Morgan fingerprint density at radius 2 is 0.536 bits per heavy atom. The molecule has 0 N–H and O–H groups in total. The molecule has 0 radical (unpaired) electrons. The van der Waals surface area contributed by atoms with Crippen LogP contribution in [0.15, 0.2) is 0 Å². The minimum absolute atomic E-state index is 0.512. The summed E-state index contributed by atoms with van der Waals surface area (Å²) in [5.74, 6) is 0. The minimum Gasteiger partial charge on any atom is -0.0654 e. The molecule has 0 bridgehead atoms. The van der Waals surface area contributed by atoms with Crippen molar-refractivity contribution < 1.29 is 0 Å². The monoisotopic (exact) mass is 413 g/mol. The molecule has 1 heteroatoms. The van der Waals surface area contributed by atoms with E-state index in [1.165, 1.54) is 147 Å². The molecule has 0 saturated carbocycles. The summed E-state index contributed by atoms with van der Waals surface area (Å²) in [6.45, 7) is 9.73. The van der Waals surface area contributed by atoms with Crippen LogP contribution in [0.2, 0.25) is 0 Å². The number of hydrogen-bond acceptors (Lipinski definition) is 0. The van der Waals surface area contributed by atoms with Gasteiger partial charge >= 0.3 is 0 Å². The molecular weight excluding hydrogens is 355 g/mol. The summed E-state index contributed by atoms with van der Waals surface area (Å²) in [7, 11) is -0.512. The van der Waals surface area contributed by atoms with Crippen LogP contribution in [0.3, 0.4) is 0 Å². The average Bonchev–Trinajstić information content (AvgIpc) is 2.65. The highest BCUT2D eigenvalue weighted by atomic mass is 31.2. The SMILES string of the molecule is CCCCCCCCCCCCCCCCCCCCCCCC[P+](C)(C)C. The van der Waals surface area contributed by atoms with Crippen molar-refractivity contribution in [1.29, 1.82) is 0 Å². The van der Waals surface area contributed by atoms with Gasteiger partial charge in [0.15, 0.2) is 0 Å². The maximum absolute atomic E-state index is 2.48. The fraction of sp³-hybridized carbons (Fsp3) is 1.00. The highest BCUT2D eigenvalue weighted by molar-refractivity contribution is 7.73. The third-order valence-electron chi connectivity index (χ3n) is 6.18. The van der Waals surface area contributed by atoms with Gasteiger partial charge in [-0.25, -0.2) is 0 Å². The highest BCUT2D eigenvalue weighted by Crippen LogP contribution is 2.47. The fourth-order valence-electron chi connectivity index (χ4n) is 4.19. The Morgan fingerprint density at radius 1 is 0.321 bits per heavy atom. The Hall–Kier alpha value is 0.430. The molecule has 0 aliphatic rings. The number of unbranched alkanes of at least 4 members (excludes halogenated alkanes) is 21. The zero-order chi connectivity index (χ0) is 20.8. The van der Waals surface area contributed by atoms with E-state index in [2.05, 4.69) is 26.9 Å². The van der Waals surface area contributed by atoms with Crippen molar-refractivity contribution in [3.63, 3.8) is 0 Å². The molecule has 0 aromatic carbocycles. The first kappa shape index (κ1) is 28.4. The lowest BCUT2D eigenvalue weighted by atomic mass is 10.0. The largest absolute Gasteiger partial charge is 0.0654 e. The van der Waals surface area contributed by atoms with E-state index in [1.54, 1.807) is 0 Å². The van der Waals surface area contributed by atoms with Gasteiger partial charge in [-0.15, -0.1) is 0 Å². The Balaban J connectivity index is 3.01. The number of rotatable bonds is 23.